The molecule has 2 aromatic rings. The predicted molar refractivity (Wildman–Crippen MR) is 101 cm³/mol. The standard InChI is InChI=1S/C19H23ClN2O3/c1-11-6-13(7-12(2)18(11)25-5)10-22(3)19(23)14-8-15(20)16(21)9-17(14)24-4/h6-9H,10,21H2,1-5H3. The molecular formula is C19H23ClN2O3. The van der Waals surface area contributed by atoms with Crippen LogP contribution in [0.4, 0.5) is 5.69 Å². The topological polar surface area (TPSA) is 64.8 Å². The molecule has 1 amide bonds. The number of benzene rings is 2. The van der Waals surface area contributed by atoms with E-state index in [4.69, 9.17) is 26.8 Å². The second kappa shape index (κ2) is 7.66. The molecule has 0 heterocycles. The molecule has 0 aliphatic carbocycles. The first-order valence-electron chi connectivity index (χ1n) is 7.81. The highest BCUT2D eigenvalue weighted by Crippen LogP contribution is 2.30. The summed E-state index contributed by atoms with van der Waals surface area (Å²) in [4.78, 5) is 14.4. The Morgan fingerprint density at radius 3 is 2.24 bits per heavy atom. The summed E-state index contributed by atoms with van der Waals surface area (Å²) in [5.41, 5.74) is 9.62. The first-order chi connectivity index (χ1) is 11.8. The van der Waals surface area contributed by atoms with Crippen molar-refractivity contribution in [2.24, 2.45) is 0 Å². The molecule has 0 atom stereocenters. The first kappa shape index (κ1) is 18.9. The lowest BCUT2D eigenvalue weighted by atomic mass is 10.0. The smallest absolute Gasteiger partial charge is 0.257 e. The van der Waals surface area contributed by atoms with Crippen molar-refractivity contribution < 1.29 is 14.3 Å². The SMILES string of the molecule is COc1cc(N)c(Cl)cc1C(=O)N(C)Cc1cc(C)c(OC)c(C)c1. The molecule has 0 radical (unpaired) electrons. The molecule has 0 unspecified atom stereocenters. The van der Waals surface area contributed by atoms with E-state index in [2.05, 4.69) is 0 Å². The minimum absolute atomic E-state index is 0.190. The van der Waals surface area contributed by atoms with E-state index in [1.807, 2.05) is 26.0 Å². The largest absolute Gasteiger partial charge is 0.496 e. The molecular weight excluding hydrogens is 340 g/mol. The Kier molecular flexibility index (Phi) is 5.80. The van der Waals surface area contributed by atoms with E-state index in [-0.39, 0.29) is 5.91 Å². The number of methoxy groups -OCH3 is 2. The number of hydrogen-bond donors (Lipinski definition) is 1. The number of aryl methyl sites for hydroxylation is 2. The molecule has 2 aromatic carbocycles. The van der Waals surface area contributed by atoms with Crippen molar-refractivity contribution in [1.82, 2.24) is 4.90 Å². The van der Waals surface area contributed by atoms with Gasteiger partial charge in [0, 0.05) is 19.7 Å². The lowest BCUT2D eigenvalue weighted by molar-refractivity contribution is 0.0781. The summed E-state index contributed by atoms with van der Waals surface area (Å²) in [6.07, 6.45) is 0. The molecule has 5 nitrogen and oxygen atoms in total. The van der Waals surface area contributed by atoms with E-state index < -0.39 is 0 Å². The number of nitrogen functional groups attached to an aromatic ring is 1. The minimum atomic E-state index is -0.190. The van der Waals surface area contributed by atoms with E-state index in [0.717, 1.165) is 22.4 Å². The highest BCUT2D eigenvalue weighted by atomic mass is 35.5. The third-order valence-electron chi connectivity index (χ3n) is 4.04. The summed E-state index contributed by atoms with van der Waals surface area (Å²) in [6.45, 7) is 4.43. The Bertz CT molecular complexity index is 782. The lowest BCUT2D eigenvalue weighted by Gasteiger charge is -2.20. The van der Waals surface area contributed by atoms with Crippen LogP contribution in [0, 0.1) is 13.8 Å². The summed E-state index contributed by atoms with van der Waals surface area (Å²) >= 11 is 6.06. The summed E-state index contributed by atoms with van der Waals surface area (Å²) < 4.78 is 10.7. The van der Waals surface area contributed by atoms with Crippen molar-refractivity contribution in [3.05, 3.63) is 51.5 Å². The van der Waals surface area contributed by atoms with Crippen molar-refractivity contribution in [2.45, 2.75) is 20.4 Å². The normalized spacial score (nSPS) is 10.5. The van der Waals surface area contributed by atoms with E-state index in [1.54, 1.807) is 31.2 Å². The van der Waals surface area contributed by atoms with Crippen LogP contribution >= 0.6 is 11.6 Å². The van der Waals surface area contributed by atoms with Gasteiger partial charge in [-0.05, 0) is 36.6 Å². The predicted octanol–water partition coefficient (Wildman–Crippen LogP) is 3.83. The fraction of sp³-hybridized carbons (Fsp3) is 0.316. The second-order valence-corrected chi connectivity index (χ2v) is 6.41. The Labute approximate surface area is 153 Å². The van der Waals surface area contributed by atoms with Crippen LogP contribution in [0.1, 0.15) is 27.0 Å². The van der Waals surface area contributed by atoms with Crippen LogP contribution in [-0.2, 0) is 6.54 Å². The van der Waals surface area contributed by atoms with E-state index in [1.165, 1.54) is 7.11 Å². The Morgan fingerprint density at radius 2 is 1.72 bits per heavy atom. The molecule has 25 heavy (non-hydrogen) atoms. The molecule has 0 saturated carbocycles. The summed E-state index contributed by atoms with van der Waals surface area (Å²) in [5.74, 6) is 1.08. The molecule has 6 heteroatoms. The maximum Gasteiger partial charge on any atom is 0.257 e. The first-order valence-corrected chi connectivity index (χ1v) is 8.18. The zero-order valence-electron chi connectivity index (χ0n) is 15.1. The highest BCUT2D eigenvalue weighted by Gasteiger charge is 2.19. The van der Waals surface area contributed by atoms with Gasteiger partial charge in [0.1, 0.15) is 11.5 Å². The lowest BCUT2D eigenvalue weighted by Crippen LogP contribution is -2.26. The number of carbonyl (C=O) groups is 1. The van der Waals surface area contributed by atoms with Gasteiger partial charge in [-0.1, -0.05) is 23.7 Å². The Morgan fingerprint density at radius 1 is 1.12 bits per heavy atom. The van der Waals surface area contributed by atoms with Crippen LogP contribution < -0.4 is 15.2 Å². The Hall–Kier alpha value is -2.40. The molecule has 0 fully saturated rings. The number of nitrogens with two attached hydrogens (primary N) is 1. The van der Waals surface area contributed by atoms with Crippen LogP contribution in [-0.4, -0.2) is 32.1 Å². The Balaban J connectivity index is 2.28. The highest BCUT2D eigenvalue weighted by molar-refractivity contribution is 6.33. The molecule has 2 rings (SSSR count). The van der Waals surface area contributed by atoms with Crippen molar-refractivity contribution in [3.63, 3.8) is 0 Å². The zero-order valence-corrected chi connectivity index (χ0v) is 15.9. The van der Waals surface area contributed by atoms with Gasteiger partial charge in [0.15, 0.2) is 0 Å². The van der Waals surface area contributed by atoms with Gasteiger partial charge in [0.05, 0.1) is 30.5 Å². The van der Waals surface area contributed by atoms with E-state index in [9.17, 15) is 4.79 Å². The summed E-state index contributed by atoms with van der Waals surface area (Å²) in [7, 11) is 4.89. The van der Waals surface area contributed by atoms with Gasteiger partial charge < -0.3 is 20.1 Å². The molecule has 0 saturated heterocycles. The van der Waals surface area contributed by atoms with Crippen LogP contribution in [0.15, 0.2) is 24.3 Å². The molecule has 2 N–H and O–H groups in total. The monoisotopic (exact) mass is 362 g/mol. The third kappa shape index (κ3) is 3.99. The fourth-order valence-corrected chi connectivity index (χ4v) is 3.07. The number of amides is 1. The van der Waals surface area contributed by atoms with Crippen LogP contribution in [0.5, 0.6) is 11.5 Å². The van der Waals surface area contributed by atoms with Gasteiger partial charge >= 0.3 is 0 Å². The number of nitrogens with zero attached hydrogens (tertiary/aromatic N) is 1. The van der Waals surface area contributed by atoms with Gasteiger partial charge in [0.2, 0.25) is 0 Å². The molecule has 0 spiro atoms. The zero-order chi connectivity index (χ0) is 18.7. The van der Waals surface area contributed by atoms with Gasteiger partial charge in [-0.3, -0.25) is 4.79 Å². The average Bonchev–Trinajstić information content (AvgIpc) is 2.56. The molecule has 0 bridgehead atoms. The number of hydrogen-bond acceptors (Lipinski definition) is 4. The van der Waals surface area contributed by atoms with Crippen LogP contribution in [0.3, 0.4) is 0 Å². The minimum Gasteiger partial charge on any atom is -0.496 e. The number of rotatable bonds is 5. The number of anilines is 1. The maximum absolute atomic E-state index is 12.8. The summed E-state index contributed by atoms with van der Waals surface area (Å²) in [5, 5.41) is 0.327. The van der Waals surface area contributed by atoms with Crippen molar-refractivity contribution in [2.75, 3.05) is 27.0 Å². The maximum atomic E-state index is 12.8. The van der Waals surface area contributed by atoms with Crippen LogP contribution in [0.25, 0.3) is 0 Å². The van der Waals surface area contributed by atoms with Gasteiger partial charge in [-0.25, -0.2) is 0 Å². The summed E-state index contributed by atoms with van der Waals surface area (Å²) in [6, 6.07) is 7.13. The third-order valence-corrected chi connectivity index (χ3v) is 4.37. The van der Waals surface area contributed by atoms with Gasteiger partial charge in [0.25, 0.3) is 5.91 Å². The average molecular weight is 363 g/mol. The van der Waals surface area contributed by atoms with Gasteiger partial charge in [-0.2, -0.15) is 0 Å². The van der Waals surface area contributed by atoms with E-state index in [0.29, 0.717) is 28.6 Å². The molecule has 134 valence electrons. The van der Waals surface area contributed by atoms with Crippen LogP contribution in [0.2, 0.25) is 5.02 Å². The van der Waals surface area contributed by atoms with Crippen molar-refractivity contribution in [1.29, 1.82) is 0 Å². The quantitative estimate of drug-likeness (QED) is 0.821. The van der Waals surface area contributed by atoms with Crippen molar-refractivity contribution >= 4 is 23.2 Å². The molecule has 0 aromatic heterocycles. The van der Waals surface area contributed by atoms with Crippen molar-refractivity contribution in [3.8, 4) is 11.5 Å². The number of carbonyl (C=O) groups excluding carboxylic acids is 1. The van der Waals surface area contributed by atoms with Gasteiger partial charge in [-0.15, -0.1) is 0 Å². The number of halogens is 1. The number of ether oxygens (including phenoxy) is 2. The fourth-order valence-electron chi connectivity index (χ4n) is 2.91. The molecule has 0 aliphatic heterocycles. The second-order valence-electron chi connectivity index (χ2n) is 6.00. The van der Waals surface area contributed by atoms with E-state index >= 15 is 0 Å². The molecule has 0 aliphatic rings.